The van der Waals surface area contributed by atoms with Gasteiger partial charge in [0.1, 0.15) is 0 Å². The second kappa shape index (κ2) is 3.96. The van der Waals surface area contributed by atoms with Crippen LogP contribution >= 0.6 is 0 Å². The maximum Gasteiger partial charge on any atom is 0.323 e. The molecule has 1 heterocycles. The van der Waals surface area contributed by atoms with Gasteiger partial charge in [-0.3, -0.25) is 0 Å². The van der Waals surface area contributed by atoms with E-state index >= 15 is 0 Å². The van der Waals surface area contributed by atoms with Gasteiger partial charge in [0.05, 0.1) is 17.6 Å². The summed E-state index contributed by atoms with van der Waals surface area (Å²) in [5.74, 6) is 0. The predicted molar refractivity (Wildman–Crippen MR) is 69.5 cm³/mol. The molecule has 0 aliphatic heterocycles. The van der Waals surface area contributed by atoms with Crippen LogP contribution in [0.3, 0.4) is 0 Å². The van der Waals surface area contributed by atoms with Crippen molar-refractivity contribution in [1.29, 1.82) is 0 Å². The van der Waals surface area contributed by atoms with Gasteiger partial charge >= 0.3 is 5.69 Å². The van der Waals surface area contributed by atoms with Crippen LogP contribution in [0, 0.1) is 5.41 Å². The molecule has 1 aliphatic rings. The Morgan fingerprint density at radius 1 is 1.39 bits per heavy atom. The molecule has 2 aromatic rings. The molecule has 0 spiro atoms. The van der Waals surface area contributed by atoms with Crippen LogP contribution in [-0.4, -0.2) is 28.7 Å². The van der Waals surface area contributed by atoms with E-state index in [0.717, 1.165) is 29.4 Å². The number of imidazole rings is 1. The maximum atomic E-state index is 11.2. The molecule has 3 rings (SSSR count). The number of nitrogens with one attached hydrogen (secondary N) is 3. The molecule has 96 valence electrons. The summed E-state index contributed by atoms with van der Waals surface area (Å²) < 4.78 is 0. The van der Waals surface area contributed by atoms with Crippen molar-refractivity contribution in [3.05, 3.63) is 34.2 Å². The minimum absolute atomic E-state index is 0.0287. The van der Waals surface area contributed by atoms with Crippen molar-refractivity contribution in [2.24, 2.45) is 5.41 Å². The number of hydrogen-bond donors (Lipinski definition) is 4. The second-order valence-electron chi connectivity index (χ2n) is 5.13. The van der Waals surface area contributed by atoms with E-state index in [1.54, 1.807) is 0 Å². The molecule has 1 atom stereocenters. The maximum absolute atomic E-state index is 11.2. The van der Waals surface area contributed by atoms with Gasteiger partial charge < -0.3 is 20.4 Å². The highest BCUT2D eigenvalue weighted by Crippen LogP contribution is 2.54. The summed E-state index contributed by atoms with van der Waals surface area (Å²) in [6.45, 7) is 0.195. The fourth-order valence-corrected chi connectivity index (χ4v) is 2.75. The molecule has 0 amide bonds. The van der Waals surface area contributed by atoms with Gasteiger partial charge in [0, 0.05) is 11.5 Å². The smallest absolute Gasteiger partial charge is 0.323 e. The average molecular weight is 247 g/mol. The molecule has 0 bridgehead atoms. The van der Waals surface area contributed by atoms with E-state index in [-0.39, 0.29) is 23.8 Å². The fraction of sp³-hybridized carbons (Fsp3) is 0.462. The minimum atomic E-state index is -0.188. The summed E-state index contributed by atoms with van der Waals surface area (Å²) in [4.78, 5) is 16.7. The molecule has 5 heteroatoms. The Morgan fingerprint density at radius 2 is 2.11 bits per heavy atom. The van der Waals surface area contributed by atoms with Gasteiger partial charge in [-0.1, -0.05) is 6.07 Å². The monoisotopic (exact) mass is 247 g/mol. The molecule has 1 aromatic heterocycles. The zero-order valence-corrected chi connectivity index (χ0v) is 10.3. The highest BCUT2D eigenvalue weighted by Gasteiger charge is 2.48. The van der Waals surface area contributed by atoms with Crippen molar-refractivity contribution in [2.45, 2.75) is 18.9 Å². The van der Waals surface area contributed by atoms with Gasteiger partial charge in [0.15, 0.2) is 0 Å². The zero-order chi connectivity index (χ0) is 12.8. The molecule has 1 aromatic carbocycles. The van der Waals surface area contributed by atoms with Crippen LogP contribution in [0.5, 0.6) is 0 Å². The number of benzene rings is 1. The molecule has 18 heavy (non-hydrogen) atoms. The van der Waals surface area contributed by atoms with Crippen LogP contribution in [0.2, 0.25) is 0 Å². The lowest BCUT2D eigenvalue weighted by Crippen LogP contribution is -2.29. The quantitative estimate of drug-likeness (QED) is 0.647. The van der Waals surface area contributed by atoms with Gasteiger partial charge in [-0.25, -0.2) is 4.79 Å². The van der Waals surface area contributed by atoms with Crippen molar-refractivity contribution < 1.29 is 5.11 Å². The van der Waals surface area contributed by atoms with Gasteiger partial charge in [-0.2, -0.15) is 0 Å². The highest BCUT2D eigenvalue weighted by molar-refractivity contribution is 5.75. The number of aliphatic hydroxyl groups excluding tert-OH is 1. The average Bonchev–Trinajstić information content (AvgIpc) is 3.05. The van der Waals surface area contributed by atoms with E-state index < -0.39 is 0 Å². The van der Waals surface area contributed by atoms with E-state index in [2.05, 4.69) is 15.3 Å². The van der Waals surface area contributed by atoms with Crippen LogP contribution < -0.4 is 11.0 Å². The van der Waals surface area contributed by atoms with E-state index in [1.165, 1.54) is 0 Å². The Kier molecular flexibility index (Phi) is 2.53. The van der Waals surface area contributed by atoms with Gasteiger partial charge in [0.25, 0.3) is 0 Å². The molecule has 1 saturated carbocycles. The summed E-state index contributed by atoms with van der Waals surface area (Å²) >= 11 is 0. The molecular formula is C13H17N3O2. The van der Waals surface area contributed by atoms with Crippen molar-refractivity contribution in [3.8, 4) is 0 Å². The first-order valence-corrected chi connectivity index (χ1v) is 6.19. The third-order valence-corrected chi connectivity index (χ3v) is 3.98. The lowest BCUT2D eigenvalue weighted by atomic mass is 9.90. The lowest BCUT2D eigenvalue weighted by molar-refractivity contribution is 0.175. The first kappa shape index (κ1) is 11.5. The third kappa shape index (κ3) is 1.67. The van der Waals surface area contributed by atoms with Crippen molar-refractivity contribution in [3.63, 3.8) is 0 Å². The van der Waals surface area contributed by atoms with Crippen LogP contribution in [0.4, 0.5) is 0 Å². The second-order valence-corrected chi connectivity index (χ2v) is 5.13. The van der Waals surface area contributed by atoms with E-state index in [0.29, 0.717) is 0 Å². The highest BCUT2D eigenvalue weighted by atomic mass is 16.3. The number of rotatable bonds is 4. The summed E-state index contributed by atoms with van der Waals surface area (Å²) in [5.41, 5.74) is 2.51. The summed E-state index contributed by atoms with van der Waals surface area (Å²) in [5, 5.41) is 12.8. The molecular weight excluding hydrogens is 230 g/mol. The Bertz CT molecular complexity index is 624. The number of hydrogen-bond acceptors (Lipinski definition) is 3. The zero-order valence-electron chi connectivity index (χ0n) is 10.3. The van der Waals surface area contributed by atoms with Crippen LogP contribution in [0.15, 0.2) is 23.0 Å². The molecule has 1 fully saturated rings. The Labute approximate surface area is 104 Å². The molecule has 1 aliphatic carbocycles. The fourth-order valence-electron chi connectivity index (χ4n) is 2.75. The lowest BCUT2D eigenvalue weighted by Gasteiger charge is -2.25. The molecule has 0 radical (unpaired) electrons. The van der Waals surface area contributed by atoms with E-state index in [4.69, 9.17) is 0 Å². The minimum Gasteiger partial charge on any atom is -0.396 e. The van der Waals surface area contributed by atoms with Crippen LogP contribution in [0.25, 0.3) is 11.0 Å². The summed E-state index contributed by atoms with van der Waals surface area (Å²) in [7, 11) is 1.91. The van der Waals surface area contributed by atoms with Crippen molar-refractivity contribution in [2.75, 3.05) is 13.7 Å². The normalized spacial score (nSPS) is 19.0. The van der Waals surface area contributed by atoms with Crippen LogP contribution in [0.1, 0.15) is 24.4 Å². The topological polar surface area (TPSA) is 80.9 Å². The van der Waals surface area contributed by atoms with Crippen molar-refractivity contribution in [1.82, 2.24) is 15.3 Å². The summed E-state index contributed by atoms with van der Waals surface area (Å²) in [6, 6.07) is 6.01. The Hall–Kier alpha value is -1.59. The molecule has 5 nitrogen and oxygen atoms in total. The van der Waals surface area contributed by atoms with Crippen LogP contribution in [-0.2, 0) is 0 Å². The van der Waals surface area contributed by atoms with Gasteiger partial charge in [0.2, 0.25) is 0 Å². The molecule has 4 N–H and O–H groups in total. The first-order valence-electron chi connectivity index (χ1n) is 6.19. The van der Waals surface area contributed by atoms with Gasteiger partial charge in [-0.05, 0) is 37.6 Å². The van der Waals surface area contributed by atoms with E-state index in [1.807, 2.05) is 25.2 Å². The number of fused-ring (bicyclic) bond motifs is 1. The number of aromatic amines is 2. The summed E-state index contributed by atoms with van der Waals surface area (Å²) in [6.07, 6.45) is 2.08. The SMILES string of the molecule is CNC(c1ccc2[nH]c(=O)[nH]c2c1)C1(CO)CC1. The molecule has 0 saturated heterocycles. The standard InChI is InChI=1S/C13H17N3O2/c1-14-11(13(7-17)4-5-13)8-2-3-9-10(6-8)16-12(18)15-9/h2-3,6,11,14,17H,4-5,7H2,1H3,(H2,15,16,18). The number of aromatic nitrogens is 2. The predicted octanol–water partition coefficient (Wildman–Crippen LogP) is 0.889. The number of H-pyrrole nitrogens is 2. The Morgan fingerprint density at radius 3 is 2.72 bits per heavy atom. The molecule has 1 unspecified atom stereocenters. The third-order valence-electron chi connectivity index (χ3n) is 3.98. The first-order chi connectivity index (χ1) is 8.68. The largest absolute Gasteiger partial charge is 0.396 e. The van der Waals surface area contributed by atoms with Gasteiger partial charge in [-0.15, -0.1) is 0 Å². The van der Waals surface area contributed by atoms with Crippen molar-refractivity contribution >= 4 is 11.0 Å². The Balaban J connectivity index is 2.04. The van der Waals surface area contributed by atoms with E-state index in [9.17, 15) is 9.90 Å². The number of aliphatic hydroxyl groups is 1.